The van der Waals surface area contributed by atoms with Crippen molar-refractivity contribution in [1.82, 2.24) is 10.2 Å². The molecule has 0 radical (unpaired) electrons. The van der Waals surface area contributed by atoms with Crippen molar-refractivity contribution < 1.29 is 5.11 Å². The largest absolute Gasteiger partial charge is 0.392 e. The highest BCUT2D eigenvalue weighted by Crippen LogP contribution is 2.33. The van der Waals surface area contributed by atoms with E-state index in [1.54, 1.807) is 0 Å². The van der Waals surface area contributed by atoms with Crippen molar-refractivity contribution in [3.63, 3.8) is 0 Å². The van der Waals surface area contributed by atoms with Gasteiger partial charge in [-0.2, -0.15) is 0 Å². The minimum Gasteiger partial charge on any atom is -0.392 e. The van der Waals surface area contributed by atoms with Crippen LogP contribution < -0.4 is 5.32 Å². The highest BCUT2D eigenvalue weighted by molar-refractivity contribution is 5.15. The molecule has 1 heterocycles. The Hall–Kier alpha value is -0.900. The minimum atomic E-state index is -0.167. The Balaban J connectivity index is 1.49. The Morgan fingerprint density at radius 2 is 2.05 bits per heavy atom. The molecule has 3 unspecified atom stereocenters. The molecule has 2 fully saturated rings. The normalized spacial score (nSPS) is 27.9. The zero-order valence-electron chi connectivity index (χ0n) is 13.0. The van der Waals surface area contributed by atoms with Gasteiger partial charge in [0.25, 0.3) is 0 Å². The van der Waals surface area contributed by atoms with Crippen LogP contribution in [0.5, 0.6) is 0 Å². The molecule has 1 aliphatic heterocycles. The van der Waals surface area contributed by atoms with Crippen molar-refractivity contribution in [2.75, 3.05) is 13.1 Å². The highest BCUT2D eigenvalue weighted by atomic mass is 16.3. The molecule has 1 aromatic carbocycles. The molecule has 3 nitrogen and oxygen atoms in total. The molecule has 0 spiro atoms. The number of aliphatic hydroxyl groups excluding tert-OH is 1. The maximum absolute atomic E-state index is 10.00. The van der Waals surface area contributed by atoms with Gasteiger partial charge in [0.2, 0.25) is 0 Å². The van der Waals surface area contributed by atoms with E-state index < -0.39 is 0 Å². The molecule has 3 heteroatoms. The van der Waals surface area contributed by atoms with Gasteiger partial charge in [0, 0.05) is 31.7 Å². The van der Waals surface area contributed by atoms with E-state index in [1.165, 1.54) is 24.8 Å². The Kier molecular flexibility index (Phi) is 4.94. The second-order valence-electron chi connectivity index (χ2n) is 6.95. The average molecular weight is 288 g/mol. The van der Waals surface area contributed by atoms with Gasteiger partial charge in [0.05, 0.1) is 6.10 Å². The monoisotopic (exact) mass is 288 g/mol. The van der Waals surface area contributed by atoms with Gasteiger partial charge in [0.15, 0.2) is 0 Å². The molecule has 2 aliphatic rings. The van der Waals surface area contributed by atoms with Crippen LogP contribution in [0.2, 0.25) is 0 Å². The molecule has 2 N–H and O–H groups in total. The lowest BCUT2D eigenvalue weighted by Crippen LogP contribution is -2.40. The van der Waals surface area contributed by atoms with Gasteiger partial charge in [-0.15, -0.1) is 0 Å². The molecular weight excluding hydrogens is 260 g/mol. The first kappa shape index (κ1) is 15.0. The third-order valence-electron chi connectivity index (χ3n) is 4.82. The second-order valence-corrected chi connectivity index (χ2v) is 6.95. The first-order chi connectivity index (χ1) is 10.2. The Morgan fingerprint density at radius 1 is 1.29 bits per heavy atom. The van der Waals surface area contributed by atoms with Crippen molar-refractivity contribution >= 4 is 0 Å². The van der Waals surface area contributed by atoms with Gasteiger partial charge in [-0.3, -0.25) is 4.90 Å². The van der Waals surface area contributed by atoms with Crippen molar-refractivity contribution in [2.45, 2.75) is 57.3 Å². The molecule has 0 amide bonds. The van der Waals surface area contributed by atoms with Crippen LogP contribution in [0.3, 0.4) is 0 Å². The third-order valence-corrected chi connectivity index (χ3v) is 4.82. The lowest BCUT2D eigenvalue weighted by molar-refractivity contribution is 0.172. The van der Waals surface area contributed by atoms with E-state index in [-0.39, 0.29) is 6.10 Å². The number of likely N-dealkylation sites (tertiary alicyclic amines) is 1. The van der Waals surface area contributed by atoms with Crippen molar-refractivity contribution in [3.8, 4) is 0 Å². The fourth-order valence-electron chi connectivity index (χ4n) is 3.46. The average Bonchev–Trinajstić information content (AvgIpc) is 3.21. The minimum absolute atomic E-state index is 0.167. The molecule has 116 valence electrons. The van der Waals surface area contributed by atoms with E-state index in [4.69, 9.17) is 0 Å². The standard InChI is InChI=1S/C18H28N2O/c1-14(9-15-7-8-15)19-11-17-10-18(21)13-20(17)12-16-5-3-2-4-6-16/h2-6,14-15,17-19,21H,7-13H2,1H3. The van der Waals surface area contributed by atoms with E-state index in [0.717, 1.165) is 32.0 Å². The van der Waals surface area contributed by atoms with E-state index in [2.05, 4.69) is 47.5 Å². The van der Waals surface area contributed by atoms with Crippen molar-refractivity contribution in [2.24, 2.45) is 5.92 Å². The molecule has 1 aliphatic carbocycles. The molecular formula is C18H28N2O. The third kappa shape index (κ3) is 4.53. The molecule has 1 saturated carbocycles. The number of nitrogens with zero attached hydrogens (tertiary/aromatic N) is 1. The summed E-state index contributed by atoms with van der Waals surface area (Å²) in [5.74, 6) is 0.974. The molecule has 3 atom stereocenters. The van der Waals surface area contributed by atoms with Crippen LogP contribution >= 0.6 is 0 Å². The van der Waals surface area contributed by atoms with Gasteiger partial charge in [-0.05, 0) is 31.2 Å². The highest BCUT2D eigenvalue weighted by Gasteiger charge is 2.31. The van der Waals surface area contributed by atoms with Crippen molar-refractivity contribution in [1.29, 1.82) is 0 Å². The van der Waals surface area contributed by atoms with Crippen LogP contribution in [0.15, 0.2) is 30.3 Å². The summed E-state index contributed by atoms with van der Waals surface area (Å²) in [5, 5.41) is 13.7. The van der Waals surface area contributed by atoms with Gasteiger partial charge in [0.1, 0.15) is 0 Å². The summed E-state index contributed by atoms with van der Waals surface area (Å²) in [6.45, 7) is 5.04. The summed E-state index contributed by atoms with van der Waals surface area (Å²) >= 11 is 0. The Labute approximate surface area is 128 Å². The number of nitrogens with one attached hydrogen (secondary N) is 1. The zero-order chi connectivity index (χ0) is 14.7. The molecule has 1 aromatic rings. The topological polar surface area (TPSA) is 35.5 Å². The van der Waals surface area contributed by atoms with Crippen LogP contribution in [-0.2, 0) is 6.54 Å². The lowest BCUT2D eigenvalue weighted by atomic mass is 10.1. The molecule has 0 bridgehead atoms. The predicted molar refractivity (Wildman–Crippen MR) is 86.1 cm³/mol. The Bertz CT molecular complexity index is 432. The van der Waals surface area contributed by atoms with Crippen LogP contribution in [0.1, 0.15) is 38.2 Å². The molecule has 3 rings (SSSR count). The number of β-amino-alcohol motifs (C(OH)–C–C–N with tert-alkyl or cyclic N) is 1. The SMILES string of the molecule is CC(CC1CC1)NCC1CC(O)CN1Cc1ccccc1. The molecule has 0 aromatic heterocycles. The van der Waals surface area contributed by atoms with E-state index in [1.807, 2.05) is 0 Å². The van der Waals surface area contributed by atoms with Gasteiger partial charge in [-0.1, -0.05) is 43.2 Å². The summed E-state index contributed by atoms with van der Waals surface area (Å²) < 4.78 is 0. The first-order valence-corrected chi connectivity index (χ1v) is 8.40. The Morgan fingerprint density at radius 3 is 2.76 bits per heavy atom. The van der Waals surface area contributed by atoms with Crippen molar-refractivity contribution in [3.05, 3.63) is 35.9 Å². The summed E-state index contributed by atoms with van der Waals surface area (Å²) in [6, 6.07) is 11.6. The fourth-order valence-corrected chi connectivity index (χ4v) is 3.46. The van der Waals surface area contributed by atoms with E-state index in [9.17, 15) is 5.11 Å². The van der Waals surface area contributed by atoms with Gasteiger partial charge in [-0.25, -0.2) is 0 Å². The zero-order valence-corrected chi connectivity index (χ0v) is 13.0. The first-order valence-electron chi connectivity index (χ1n) is 8.40. The van der Waals surface area contributed by atoms with Gasteiger partial charge >= 0.3 is 0 Å². The van der Waals surface area contributed by atoms with Gasteiger partial charge < -0.3 is 10.4 Å². The maximum atomic E-state index is 10.00. The summed E-state index contributed by atoms with van der Waals surface area (Å²) in [7, 11) is 0. The number of benzene rings is 1. The van der Waals surface area contributed by atoms with Crippen LogP contribution in [-0.4, -0.2) is 41.3 Å². The fraction of sp³-hybridized carbons (Fsp3) is 0.667. The molecule has 21 heavy (non-hydrogen) atoms. The molecule has 1 saturated heterocycles. The van der Waals surface area contributed by atoms with E-state index >= 15 is 0 Å². The summed E-state index contributed by atoms with van der Waals surface area (Å²) in [5.41, 5.74) is 1.34. The number of aliphatic hydroxyl groups is 1. The number of hydrogen-bond donors (Lipinski definition) is 2. The summed E-state index contributed by atoms with van der Waals surface area (Å²) in [6.07, 6.45) is 4.89. The van der Waals surface area contributed by atoms with E-state index in [0.29, 0.717) is 12.1 Å². The number of hydrogen-bond acceptors (Lipinski definition) is 3. The van der Waals surface area contributed by atoms with Crippen LogP contribution in [0.4, 0.5) is 0 Å². The summed E-state index contributed by atoms with van der Waals surface area (Å²) in [4.78, 5) is 2.43. The second kappa shape index (κ2) is 6.91. The quantitative estimate of drug-likeness (QED) is 0.809. The van der Waals surface area contributed by atoms with Crippen LogP contribution in [0, 0.1) is 5.92 Å². The smallest absolute Gasteiger partial charge is 0.0682 e. The lowest BCUT2D eigenvalue weighted by Gasteiger charge is -2.26. The number of rotatable bonds is 7. The maximum Gasteiger partial charge on any atom is 0.0682 e. The predicted octanol–water partition coefficient (Wildman–Crippen LogP) is 2.40. The van der Waals surface area contributed by atoms with Crippen LogP contribution in [0.25, 0.3) is 0 Å².